The summed E-state index contributed by atoms with van der Waals surface area (Å²) in [5.41, 5.74) is 8.48. The molecule has 1 aliphatic heterocycles. The summed E-state index contributed by atoms with van der Waals surface area (Å²) >= 11 is 0. The van der Waals surface area contributed by atoms with Crippen LogP contribution in [0.15, 0.2) is 36.4 Å². The molecule has 2 aromatic heterocycles. The molecule has 0 bridgehead atoms. The lowest BCUT2D eigenvalue weighted by Crippen LogP contribution is -2.60. The smallest absolute Gasteiger partial charge is 0.252 e. The van der Waals surface area contributed by atoms with Gasteiger partial charge < -0.3 is 16.0 Å². The van der Waals surface area contributed by atoms with E-state index in [-0.39, 0.29) is 23.4 Å². The Morgan fingerprint density at radius 3 is 2.55 bits per heavy atom. The van der Waals surface area contributed by atoms with Gasteiger partial charge in [0, 0.05) is 25.6 Å². The molecular formula is C20H19N6O3. The zero-order valence-corrected chi connectivity index (χ0v) is 15.8. The van der Waals surface area contributed by atoms with Crippen LogP contribution in [0.5, 0.6) is 0 Å². The number of nitrogens with one attached hydrogen (secondary N) is 1. The van der Waals surface area contributed by atoms with Crippen molar-refractivity contribution in [3.8, 4) is 11.3 Å². The molecule has 4 rings (SSSR count). The Labute approximate surface area is 166 Å². The van der Waals surface area contributed by atoms with E-state index in [2.05, 4.69) is 21.7 Å². The van der Waals surface area contributed by atoms with E-state index in [1.54, 1.807) is 17.0 Å². The van der Waals surface area contributed by atoms with Crippen LogP contribution >= 0.6 is 0 Å². The molecule has 0 aliphatic carbocycles. The summed E-state index contributed by atoms with van der Waals surface area (Å²) in [6, 6.07) is 10.9. The predicted molar refractivity (Wildman–Crippen MR) is 104 cm³/mol. The van der Waals surface area contributed by atoms with Gasteiger partial charge in [-0.2, -0.15) is 0 Å². The third-order valence-electron chi connectivity index (χ3n) is 4.89. The van der Waals surface area contributed by atoms with Crippen molar-refractivity contribution in [1.29, 1.82) is 0 Å². The van der Waals surface area contributed by atoms with Crippen LogP contribution in [-0.4, -0.2) is 56.4 Å². The van der Waals surface area contributed by atoms with E-state index in [1.165, 1.54) is 11.4 Å². The summed E-state index contributed by atoms with van der Waals surface area (Å²) in [5.74, 6) is -0.636. The molecule has 29 heavy (non-hydrogen) atoms. The van der Waals surface area contributed by atoms with Crippen LogP contribution in [0.4, 0.5) is 0 Å². The molecule has 1 fully saturated rings. The maximum Gasteiger partial charge on any atom is 0.252 e. The van der Waals surface area contributed by atoms with Crippen molar-refractivity contribution in [2.45, 2.75) is 19.4 Å². The minimum atomic E-state index is -0.580. The van der Waals surface area contributed by atoms with Gasteiger partial charge in [0.2, 0.25) is 18.1 Å². The van der Waals surface area contributed by atoms with Gasteiger partial charge in [0.15, 0.2) is 5.65 Å². The fourth-order valence-electron chi connectivity index (χ4n) is 3.41. The number of benzene rings is 1. The lowest BCUT2D eigenvalue weighted by atomic mass is 10.0. The first-order chi connectivity index (χ1) is 13.9. The highest BCUT2D eigenvalue weighted by Gasteiger charge is 2.30. The molecule has 3 N–H and O–H groups in total. The lowest BCUT2D eigenvalue weighted by molar-refractivity contribution is -0.137. The molecule has 9 nitrogen and oxygen atoms in total. The molecular weight excluding hydrogens is 372 g/mol. The number of hydrogen-bond donors (Lipinski definition) is 2. The highest BCUT2D eigenvalue weighted by molar-refractivity contribution is 5.99. The Morgan fingerprint density at radius 2 is 1.90 bits per heavy atom. The molecule has 3 heterocycles. The molecule has 0 spiro atoms. The zero-order chi connectivity index (χ0) is 20.5. The number of fused-ring (bicyclic) bond motifs is 1. The van der Waals surface area contributed by atoms with Crippen LogP contribution < -0.4 is 11.1 Å². The fourth-order valence-corrected chi connectivity index (χ4v) is 3.41. The molecule has 1 aliphatic rings. The van der Waals surface area contributed by atoms with Crippen LogP contribution in [0.25, 0.3) is 16.9 Å². The molecule has 3 aromatic rings. The second-order valence-electron chi connectivity index (χ2n) is 7.01. The van der Waals surface area contributed by atoms with Crippen molar-refractivity contribution in [3.63, 3.8) is 0 Å². The van der Waals surface area contributed by atoms with Gasteiger partial charge in [0.05, 0.1) is 23.7 Å². The van der Waals surface area contributed by atoms with Gasteiger partial charge in [-0.25, -0.2) is 9.50 Å². The van der Waals surface area contributed by atoms with Gasteiger partial charge >= 0.3 is 0 Å². The predicted octanol–water partition coefficient (Wildman–Crippen LogP) is 0.185. The van der Waals surface area contributed by atoms with E-state index in [1.807, 2.05) is 24.3 Å². The van der Waals surface area contributed by atoms with Crippen molar-refractivity contribution in [1.82, 2.24) is 24.8 Å². The number of carbonyl (C=O) groups is 3. The molecule has 147 valence electrons. The number of aromatic nitrogens is 3. The van der Waals surface area contributed by atoms with Crippen molar-refractivity contribution in [2.75, 3.05) is 13.1 Å². The van der Waals surface area contributed by atoms with Crippen molar-refractivity contribution < 1.29 is 14.4 Å². The van der Waals surface area contributed by atoms with Gasteiger partial charge in [-0.1, -0.05) is 24.3 Å². The first-order valence-corrected chi connectivity index (χ1v) is 9.12. The monoisotopic (exact) mass is 391 g/mol. The molecule has 1 radical (unpaired) electrons. The second kappa shape index (κ2) is 7.34. The molecule has 9 heteroatoms. The van der Waals surface area contributed by atoms with Crippen molar-refractivity contribution in [2.24, 2.45) is 5.73 Å². The third-order valence-corrected chi connectivity index (χ3v) is 4.89. The van der Waals surface area contributed by atoms with E-state index in [0.717, 1.165) is 16.8 Å². The van der Waals surface area contributed by atoms with Gasteiger partial charge in [0.1, 0.15) is 0 Å². The number of primary amides is 1. The second-order valence-corrected chi connectivity index (χ2v) is 7.01. The fraction of sp³-hybridized carbons (Fsp3) is 0.250. The Kier molecular flexibility index (Phi) is 4.71. The number of hydrogen-bond acceptors (Lipinski definition) is 5. The number of amides is 3. The summed E-state index contributed by atoms with van der Waals surface area (Å²) in [6.45, 7) is 2.56. The average molecular weight is 391 g/mol. The highest BCUT2D eigenvalue weighted by Crippen LogP contribution is 2.22. The number of nitrogens with two attached hydrogens (primary N) is 1. The Bertz CT molecular complexity index is 1100. The largest absolute Gasteiger partial charge is 0.365 e. The number of carbonyl (C=O) groups excluding carboxylic acids is 3. The van der Waals surface area contributed by atoms with Gasteiger partial charge in [-0.15, -0.1) is 5.10 Å². The highest BCUT2D eigenvalue weighted by atomic mass is 16.2. The van der Waals surface area contributed by atoms with Crippen molar-refractivity contribution in [3.05, 3.63) is 53.9 Å². The maximum absolute atomic E-state index is 12.4. The normalized spacial score (nSPS) is 13.9. The van der Waals surface area contributed by atoms with Crippen molar-refractivity contribution >= 4 is 23.4 Å². The Hall–Kier alpha value is -3.75. The SMILES string of the molecule is CC(=O)NC1CN(C(=O)Cc2ccc(-c3ccc(C(N)=O)c4n[c]nn34)cc2)C1. The van der Waals surface area contributed by atoms with Crippen LogP contribution in [-0.2, 0) is 16.0 Å². The topological polar surface area (TPSA) is 123 Å². The van der Waals surface area contributed by atoms with Gasteiger partial charge in [-0.3, -0.25) is 14.4 Å². The van der Waals surface area contributed by atoms with E-state index in [4.69, 9.17) is 5.73 Å². The maximum atomic E-state index is 12.4. The summed E-state index contributed by atoms with van der Waals surface area (Å²) in [4.78, 5) is 40.7. The number of pyridine rings is 1. The first kappa shape index (κ1) is 18.6. The Morgan fingerprint density at radius 1 is 1.17 bits per heavy atom. The average Bonchev–Trinajstić information content (AvgIpc) is 3.13. The van der Waals surface area contributed by atoms with Crippen LogP contribution in [0.1, 0.15) is 22.8 Å². The van der Waals surface area contributed by atoms with E-state index < -0.39 is 5.91 Å². The minimum absolute atomic E-state index is 0.0263. The van der Waals surface area contributed by atoms with Crippen LogP contribution in [0, 0.1) is 6.33 Å². The van der Waals surface area contributed by atoms with E-state index in [0.29, 0.717) is 25.2 Å². The molecule has 1 aromatic carbocycles. The number of rotatable bonds is 5. The standard InChI is InChI=1S/C20H19N6O3/c1-12(27)24-15-9-25(10-15)18(28)8-13-2-4-14(5-3-13)17-7-6-16(19(21)29)20-22-11-23-26(17)20/h2-7,15H,8-10H2,1H3,(H2,21,29)(H,24,27). The summed E-state index contributed by atoms with van der Waals surface area (Å²) in [5, 5.41) is 6.86. The third kappa shape index (κ3) is 3.66. The van der Waals surface area contributed by atoms with Crippen LogP contribution in [0.2, 0.25) is 0 Å². The number of likely N-dealkylation sites (tertiary alicyclic amines) is 1. The molecule has 0 atom stereocenters. The minimum Gasteiger partial charge on any atom is -0.365 e. The molecule has 0 saturated carbocycles. The van der Waals surface area contributed by atoms with E-state index in [9.17, 15) is 14.4 Å². The first-order valence-electron chi connectivity index (χ1n) is 9.12. The molecule has 0 unspecified atom stereocenters. The zero-order valence-electron chi connectivity index (χ0n) is 15.8. The van der Waals surface area contributed by atoms with Crippen LogP contribution in [0.3, 0.4) is 0 Å². The summed E-state index contributed by atoms with van der Waals surface area (Å²) < 4.78 is 1.52. The summed E-state index contributed by atoms with van der Waals surface area (Å²) in [7, 11) is 0. The lowest BCUT2D eigenvalue weighted by Gasteiger charge is -2.39. The number of nitrogens with zero attached hydrogens (tertiary/aromatic N) is 4. The Balaban J connectivity index is 1.46. The van der Waals surface area contributed by atoms with Gasteiger partial charge in [-0.05, 0) is 17.7 Å². The summed E-state index contributed by atoms with van der Waals surface area (Å²) in [6.07, 6.45) is 2.79. The molecule has 3 amide bonds. The van der Waals surface area contributed by atoms with E-state index >= 15 is 0 Å². The quantitative estimate of drug-likeness (QED) is 0.643. The molecule has 1 saturated heterocycles. The van der Waals surface area contributed by atoms with Gasteiger partial charge in [0.25, 0.3) is 5.91 Å².